The number of ether oxygens (including phenoxy) is 10. The van der Waals surface area contributed by atoms with E-state index in [1.54, 1.807) is 6.92 Å². The Kier molecular flexibility index (Phi) is 20.6. The lowest BCUT2D eigenvalue weighted by molar-refractivity contribution is -0.397. The van der Waals surface area contributed by atoms with E-state index >= 15 is 0 Å². The van der Waals surface area contributed by atoms with Crippen LogP contribution >= 0.6 is 0 Å². The second-order valence-electron chi connectivity index (χ2n) is 26.6. The lowest BCUT2D eigenvalue weighted by Crippen LogP contribution is -2.66. The third kappa shape index (κ3) is 13.4. The molecule has 0 aromatic heterocycles. The molecule has 0 spiro atoms. The van der Waals surface area contributed by atoms with E-state index in [1.165, 1.54) is 20.8 Å². The summed E-state index contributed by atoms with van der Waals surface area (Å²) in [4.78, 5) is 13.2. The molecule has 84 heavy (non-hydrogen) atoms. The van der Waals surface area contributed by atoms with Crippen LogP contribution in [0, 0.1) is 40.4 Å². The maximum Gasteiger partial charge on any atom is 0.397 e. The lowest BCUT2D eigenvalue weighted by Gasteiger charge is -2.60. The number of hydrogen-bond acceptors (Lipinski definition) is 26. The molecule has 0 aromatic rings. The molecule has 9 rings (SSSR count). The first-order valence-electron chi connectivity index (χ1n) is 29.8. The number of aliphatic hydroxyl groups is 12. The van der Waals surface area contributed by atoms with Crippen molar-refractivity contribution in [3.63, 3.8) is 0 Å². The van der Waals surface area contributed by atoms with Crippen LogP contribution in [0.1, 0.15) is 120 Å². The first-order valence-corrected chi connectivity index (χ1v) is 31.2. The number of fused-ring (bicyclic) bond motifs is 5. The van der Waals surface area contributed by atoms with Crippen LogP contribution in [-0.2, 0) is 66.7 Å². The average molecular weight is 1230 g/mol. The van der Waals surface area contributed by atoms with Crippen LogP contribution in [0.4, 0.5) is 0 Å². The minimum Gasteiger partial charge on any atom is -0.394 e. The van der Waals surface area contributed by atoms with Crippen LogP contribution < -0.4 is 0 Å². The van der Waals surface area contributed by atoms with Crippen LogP contribution in [0.15, 0.2) is 11.6 Å². The Morgan fingerprint density at radius 2 is 1.29 bits per heavy atom. The largest absolute Gasteiger partial charge is 0.397 e. The Balaban J connectivity index is 0.981. The molecule has 5 aliphatic heterocycles. The van der Waals surface area contributed by atoms with Crippen molar-refractivity contribution in [1.82, 2.24) is 0 Å². The molecule has 0 bridgehead atoms. The zero-order valence-electron chi connectivity index (χ0n) is 48.8. The summed E-state index contributed by atoms with van der Waals surface area (Å²) in [6.45, 7) is 12.9. The quantitative estimate of drug-likeness (QED) is 0.0540. The van der Waals surface area contributed by atoms with E-state index in [2.05, 4.69) is 19.9 Å². The highest BCUT2D eigenvalue weighted by atomic mass is 32.3. The van der Waals surface area contributed by atoms with Gasteiger partial charge in [-0.15, -0.1) is 0 Å². The van der Waals surface area contributed by atoms with Gasteiger partial charge in [0.15, 0.2) is 31.5 Å². The Hall–Kier alpha value is -1.60. The van der Waals surface area contributed by atoms with Gasteiger partial charge in [0.25, 0.3) is 0 Å². The molecule has 0 aromatic carbocycles. The van der Waals surface area contributed by atoms with Crippen LogP contribution in [0.3, 0.4) is 0 Å². The van der Waals surface area contributed by atoms with E-state index in [9.17, 15) is 79.0 Å². The molecule has 32 unspecified atom stereocenters. The molecule has 0 radical (unpaired) electrons. The SMILES string of the molecule is CC(C)CC(=O)CC(C)(O)C1CCC2C3CC(OC4OC(C)C(O)C(OC5OCC(OC6OC(CO)C(O)C(O)C6OC6OC(C)C(O)CC6O)C(O)C5OC5OC(C)C(O)C(O)C5O)C4O)C4CC(OS(=O)(=O)O)CCC4(C)C3=CCC21C. The molecular weight excluding hydrogens is 1140 g/mol. The average Bonchev–Trinajstić information content (AvgIpc) is 1.48. The molecule has 13 N–H and O–H groups in total. The molecule has 28 heteroatoms. The van der Waals surface area contributed by atoms with E-state index in [1.807, 2.05) is 13.8 Å². The fourth-order valence-electron chi connectivity index (χ4n) is 15.7. The van der Waals surface area contributed by atoms with Gasteiger partial charge >= 0.3 is 10.4 Å². The van der Waals surface area contributed by atoms with Gasteiger partial charge in [-0.1, -0.05) is 39.3 Å². The number of carbonyl (C=O) groups excluding carboxylic acids is 1. The standard InChI is InChI=1S/C56H92O27S/c1-22(2)15-26(58)19-56(8,69)37-10-9-29-28-17-34(31-16-27(83-84(70,71)72)11-13-54(31,6)30(28)12-14-55(29,37)7)77-51-45(68)46(39(62)25(5)76-51)80-52-47(82-50-44(67)42(65)38(61)24(4)75-50)41(64)36(21-73-52)79-53-48(43(66)40(63)35(20-57)78-53)81-49-33(60)18-32(59)23(3)74-49/h12,22-25,27-29,31-53,57,59-69H,9-11,13-21H2,1-8H3,(H,70,71,72). The number of allylic oxidation sites excluding steroid dienone is 2. The van der Waals surface area contributed by atoms with E-state index in [-0.39, 0.29) is 55.1 Å². The molecule has 3 saturated carbocycles. The molecule has 5 saturated heterocycles. The molecule has 32 atom stereocenters. The monoisotopic (exact) mass is 1230 g/mol. The van der Waals surface area contributed by atoms with Crippen molar-refractivity contribution in [3.8, 4) is 0 Å². The highest BCUT2D eigenvalue weighted by Gasteiger charge is 2.64. The third-order valence-corrected chi connectivity index (χ3v) is 20.7. The zero-order chi connectivity index (χ0) is 61.4. The van der Waals surface area contributed by atoms with Crippen LogP contribution in [0.25, 0.3) is 0 Å². The van der Waals surface area contributed by atoms with Crippen molar-refractivity contribution in [3.05, 3.63) is 11.6 Å². The van der Waals surface area contributed by atoms with Gasteiger partial charge in [-0.3, -0.25) is 9.35 Å². The number of carbonyl (C=O) groups is 1. The molecule has 484 valence electrons. The lowest BCUT2D eigenvalue weighted by atomic mass is 9.47. The number of aliphatic hydroxyl groups excluding tert-OH is 11. The van der Waals surface area contributed by atoms with Crippen molar-refractivity contribution >= 4 is 16.2 Å². The Morgan fingerprint density at radius 1 is 0.667 bits per heavy atom. The second kappa shape index (κ2) is 25.9. The van der Waals surface area contributed by atoms with Crippen molar-refractivity contribution < 1.29 is 131 Å². The smallest absolute Gasteiger partial charge is 0.394 e. The molecular formula is C56H92O27S. The maximum absolute atomic E-state index is 13.2. The van der Waals surface area contributed by atoms with Crippen LogP contribution in [0.2, 0.25) is 0 Å². The van der Waals surface area contributed by atoms with Crippen molar-refractivity contribution in [1.29, 1.82) is 0 Å². The van der Waals surface area contributed by atoms with Gasteiger partial charge < -0.3 is 109 Å². The van der Waals surface area contributed by atoms with Crippen molar-refractivity contribution in [2.24, 2.45) is 40.4 Å². The predicted molar refractivity (Wildman–Crippen MR) is 284 cm³/mol. The minimum atomic E-state index is -4.87. The summed E-state index contributed by atoms with van der Waals surface area (Å²) in [5, 5.41) is 135. The summed E-state index contributed by atoms with van der Waals surface area (Å²) in [5.74, 6) is -0.744. The Labute approximate surface area is 489 Å². The summed E-state index contributed by atoms with van der Waals surface area (Å²) < 4.78 is 101. The van der Waals surface area contributed by atoms with E-state index in [4.69, 9.17) is 51.6 Å². The number of hydrogen-bond donors (Lipinski definition) is 13. The topological polar surface area (TPSA) is 416 Å². The van der Waals surface area contributed by atoms with Gasteiger partial charge in [-0.2, -0.15) is 8.42 Å². The van der Waals surface area contributed by atoms with Gasteiger partial charge in [0.1, 0.15) is 91.2 Å². The fraction of sp³-hybridized carbons (Fsp3) is 0.946. The van der Waals surface area contributed by atoms with E-state index < -0.39 is 199 Å². The summed E-state index contributed by atoms with van der Waals surface area (Å²) in [7, 11) is -4.87. The van der Waals surface area contributed by atoms with E-state index in [0.717, 1.165) is 12.0 Å². The third-order valence-electron chi connectivity index (χ3n) is 20.2. The molecule has 27 nitrogen and oxygen atoms in total. The highest BCUT2D eigenvalue weighted by molar-refractivity contribution is 7.80. The van der Waals surface area contributed by atoms with Gasteiger partial charge in [-0.05, 0) is 113 Å². The van der Waals surface area contributed by atoms with Crippen LogP contribution in [0.5, 0.6) is 0 Å². The van der Waals surface area contributed by atoms with Gasteiger partial charge in [0.05, 0.1) is 55.4 Å². The number of ketones is 1. The van der Waals surface area contributed by atoms with Crippen molar-refractivity contribution in [2.45, 2.75) is 279 Å². The van der Waals surface area contributed by atoms with Gasteiger partial charge in [-0.25, -0.2) is 4.18 Å². The second-order valence-corrected chi connectivity index (χ2v) is 27.6. The number of Topliss-reactive ketones (excluding diaryl/α,β-unsaturated/α-hetero) is 1. The molecule has 4 aliphatic carbocycles. The first-order chi connectivity index (χ1) is 39.3. The summed E-state index contributed by atoms with van der Waals surface area (Å²) in [5.41, 5.74) is -1.22. The fourth-order valence-corrected chi connectivity index (χ4v) is 16.2. The number of rotatable bonds is 18. The molecule has 8 fully saturated rings. The maximum atomic E-state index is 13.2. The Bertz CT molecular complexity index is 2380. The highest BCUT2D eigenvalue weighted by Crippen LogP contribution is 2.67. The first kappa shape index (κ1) is 66.8. The summed E-state index contributed by atoms with van der Waals surface area (Å²) in [6.07, 6.45) is -33.1. The minimum absolute atomic E-state index is 0.00554. The molecule has 9 aliphatic rings. The predicted octanol–water partition coefficient (Wildman–Crippen LogP) is -1.65. The van der Waals surface area contributed by atoms with Gasteiger partial charge in [0.2, 0.25) is 0 Å². The zero-order valence-corrected chi connectivity index (χ0v) is 49.6. The van der Waals surface area contributed by atoms with Gasteiger partial charge in [0, 0.05) is 19.3 Å². The van der Waals surface area contributed by atoms with Crippen molar-refractivity contribution in [2.75, 3.05) is 13.2 Å². The normalized spacial score (nSPS) is 50.8. The summed E-state index contributed by atoms with van der Waals surface area (Å²) >= 11 is 0. The van der Waals surface area contributed by atoms with E-state index in [0.29, 0.717) is 32.1 Å². The Morgan fingerprint density at radius 3 is 1.95 bits per heavy atom. The summed E-state index contributed by atoms with van der Waals surface area (Å²) in [6, 6.07) is 0. The van der Waals surface area contributed by atoms with Crippen LogP contribution in [-0.4, -0.2) is 252 Å². The molecule has 0 amide bonds. The molecule has 5 heterocycles.